The van der Waals surface area contributed by atoms with Crippen molar-refractivity contribution < 1.29 is 9.00 Å². The van der Waals surface area contributed by atoms with Crippen LogP contribution in [0.25, 0.3) is 10.4 Å². The molecule has 0 spiro atoms. The first-order valence-electron chi connectivity index (χ1n) is 7.92. The summed E-state index contributed by atoms with van der Waals surface area (Å²) in [5, 5.41) is 4.82. The van der Waals surface area contributed by atoms with E-state index in [0.717, 1.165) is 10.4 Å². The van der Waals surface area contributed by atoms with Gasteiger partial charge in [-0.1, -0.05) is 18.6 Å². The van der Waals surface area contributed by atoms with Gasteiger partial charge in [0.2, 0.25) is 0 Å². The molecular formula is C20H17N3O2S2. The summed E-state index contributed by atoms with van der Waals surface area (Å²) in [6.45, 7) is 0. The number of amides is 1. The number of benzene rings is 2. The molecule has 3 aromatic rings. The van der Waals surface area contributed by atoms with Crippen molar-refractivity contribution in [2.24, 2.45) is 4.36 Å². The molecule has 0 bridgehead atoms. The Balaban J connectivity index is 1.84. The molecule has 136 valence electrons. The summed E-state index contributed by atoms with van der Waals surface area (Å²) in [7, 11) is -2.66. The van der Waals surface area contributed by atoms with Gasteiger partial charge >= 0.3 is 0 Å². The summed E-state index contributed by atoms with van der Waals surface area (Å²) >= 11 is 1.61. The van der Waals surface area contributed by atoms with Crippen molar-refractivity contribution in [1.29, 1.82) is 0 Å². The molecule has 0 saturated carbocycles. The molecule has 0 fully saturated rings. The molecule has 1 amide bonds. The van der Waals surface area contributed by atoms with Crippen LogP contribution in [-0.2, 0) is 9.73 Å². The molecule has 1 heterocycles. The molecule has 0 saturated heterocycles. The lowest BCUT2D eigenvalue weighted by atomic mass is 10.1. The third-order valence-corrected chi connectivity index (χ3v) is 6.41. The van der Waals surface area contributed by atoms with Crippen LogP contribution < -0.4 is 11.1 Å². The van der Waals surface area contributed by atoms with Gasteiger partial charge in [-0.05, 0) is 53.4 Å². The van der Waals surface area contributed by atoms with E-state index in [2.05, 4.69) is 15.7 Å². The van der Waals surface area contributed by atoms with E-state index in [0.29, 0.717) is 21.8 Å². The molecule has 3 N–H and O–H groups in total. The second kappa shape index (κ2) is 7.66. The average Bonchev–Trinajstić information content (AvgIpc) is 3.18. The average molecular weight is 396 g/mol. The van der Waals surface area contributed by atoms with E-state index in [4.69, 9.17) is 12.2 Å². The number of terminal acetylenes is 1. The molecule has 7 heteroatoms. The minimum atomic E-state index is -2.66. The number of anilines is 2. The maximum Gasteiger partial charge on any atom is 0.255 e. The zero-order chi connectivity index (χ0) is 19.4. The van der Waals surface area contributed by atoms with Crippen LogP contribution in [0.1, 0.15) is 10.4 Å². The number of thiophene rings is 1. The van der Waals surface area contributed by atoms with Crippen molar-refractivity contribution in [2.45, 2.75) is 4.90 Å². The normalized spacial score (nSPS) is 12.6. The van der Waals surface area contributed by atoms with E-state index < -0.39 is 9.73 Å². The van der Waals surface area contributed by atoms with E-state index in [1.807, 2.05) is 29.6 Å². The van der Waals surface area contributed by atoms with Crippen LogP contribution in [0.15, 0.2) is 69.2 Å². The molecular weight excluding hydrogens is 378 g/mol. The fourth-order valence-corrected chi connectivity index (χ4v) is 4.14. The highest BCUT2D eigenvalue weighted by Gasteiger charge is 2.12. The number of nitrogens with zero attached hydrogens (tertiary/aromatic N) is 1. The fourth-order valence-electron chi connectivity index (χ4n) is 2.47. The number of rotatable bonds is 4. The largest absolute Gasteiger partial charge is 0.397 e. The van der Waals surface area contributed by atoms with Gasteiger partial charge in [-0.3, -0.25) is 4.79 Å². The number of hydrogen-bond donors (Lipinski definition) is 2. The summed E-state index contributed by atoms with van der Waals surface area (Å²) < 4.78 is 16.0. The molecule has 0 aliphatic rings. The van der Waals surface area contributed by atoms with Gasteiger partial charge in [0.15, 0.2) is 0 Å². The first-order chi connectivity index (χ1) is 12.9. The predicted octanol–water partition coefficient (Wildman–Crippen LogP) is 4.30. The Morgan fingerprint density at radius 1 is 1.22 bits per heavy atom. The van der Waals surface area contributed by atoms with Crippen molar-refractivity contribution in [1.82, 2.24) is 0 Å². The second-order valence-electron chi connectivity index (χ2n) is 5.78. The number of carbonyl (C=O) groups excluding carboxylic acids is 1. The van der Waals surface area contributed by atoms with Crippen molar-refractivity contribution in [2.75, 3.05) is 17.3 Å². The summed E-state index contributed by atoms with van der Waals surface area (Å²) in [6.07, 6.45) is 6.56. The second-order valence-corrected chi connectivity index (χ2v) is 8.99. The van der Waals surface area contributed by atoms with Crippen molar-refractivity contribution in [3.63, 3.8) is 0 Å². The van der Waals surface area contributed by atoms with E-state index >= 15 is 0 Å². The molecule has 5 nitrogen and oxygen atoms in total. The van der Waals surface area contributed by atoms with Crippen molar-refractivity contribution in [3.05, 3.63) is 65.5 Å². The Morgan fingerprint density at radius 2 is 1.96 bits per heavy atom. The monoisotopic (exact) mass is 395 g/mol. The molecule has 0 aliphatic carbocycles. The van der Waals surface area contributed by atoms with Gasteiger partial charge < -0.3 is 11.1 Å². The first kappa shape index (κ1) is 18.7. The Bertz CT molecular complexity index is 1130. The third-order valence-electron chi connectivity index (χ3n) is 3.89. The lowest BCUT2D eigenvalue weighted by molar-refractivity contribution is 0.102. The maximum atomic E-state index is 12.6. The number of nitrogen functional groups attached to an aromatic ring is 1. The van der Waals surface area contributed by atoms with Crippen LogP contribution in [0.4, 0.5) is 11.4 Å². The van der Waals surface area contributed by atoms with Crippen LogP contribution in [0.2, 0.25) is 0 Å². The Kier molecular flexibility index (Phi) is 5.31. The van der Waals surface area contributed by atoms with Gasteiger partial charge in [0, 0.05) is 27.6 Å². The maximum absolute atomic E-state index is 12.6. The van der Waals surface area contributed by atoms with Crippen molar-refractivity contribution >= 4 is 38.3 Å². The molecule has 1 unspecified atom stereocenters. The molecule has 27 heavy (non-hydrogen) atoms. The number of carbonyl (C=O) groups is 1. The Morgan fingerprint density at radius 3 is 2.59 bits per heavy atom. The molecule has 2 aromatic carbocycles. The van der Waals surface area contributed by atoms with E-state index in [9.17, 15) is 9.00 Å². The smallest absolute Gasteiger partial charge is 0.255 e. The van der Waals surface area contributed by atoms with Crippen LogP contribution in [0.3, 0.4) is 0 Å². The van der Waals surface area contributed by atoms with Crippen molar-refractivity contribution in [3.8, 4) is 22.9 Å². The lowest BCUT2D eigenvalue weighted by Crippen LogP contribution is -2.13. The minimum absolute atomic E-state index is 0.312. The van der Waals surface area contributed by atoms with Gasteiger partial charge in [-0.15, -0.1) is 15.7 Å². The highest BCUT2D eigenvalue weighted by atomic mass is 32.2. The number of nitrogens with two attached hydrogens (primary N) is 1. The summed E-state index contributed by atoms with van der Waals surface area (Å²) in [4.78, 5) is 14.1. The highest BCUT2D eigenvalue weighted by Crippen LogP contribution is 2.30. The van der Waals surface area contributed by atoms with Crippen LogP contribution >= 0.6 is 11.3 Å². The summed E-state index contributed by atoms with van der Waals surface area (Å²) in [5.74, 6) is -0.312. The summed E-state index contributed by atoms with van der Waals surface area (Å²) in [6, 6.07) is 17.9. The van der Waals surface area contributed by atoms with Crippen LogP contribution in [0.5, 0.6) is 0 Å². The van der Waals surface area contributed by atoms with E-state index in [1.165, 1.54) is 6.26 Å². The first-order valence-corrected chi connectivity index (χ1v) is 10.7. The van der Waals surface area contributed by atoms with E-state index in [-0.39, 0.29) is 5.91 Å². The molecule has 1 atom stereocenters. The minimum Gasteiger partial charge on any atom is -0.397 e. The topological polar surface area (TPSA) is 84.5 Å². The van der Waals surface area contributed by atoms with Gasteiger partial charge in [0.05, 0.1) is 21.1 Å². The third kappa shape index (κ3) is 4.19. The molecule has 3 rings (SSSR count). The zero-order valence-electron chi connectivity index (χ0n) is 14.5. The van der Waals surface area contributed by atoms with Gasteiger partial charge in [-0.2, -0.15) is 0 Å². The SMILES string of the molecule is C#CN=S(C)(=O)c1ccc(C(=O)Nc2cc(-c3cccs3)ccc2N)cc1. The van der Waals surface area contributed by atoms with Crippen LogP contribution in [-0.4, -0.2) is 16.4 Å². The lowest BCUT2D eigenvalue weighted by Gasteiger charge is -2.10. The Labute approximate surface area is 162 Å². The van der Waals surface area contributed by atoms with E-state index in [1.54, 1.807) is 41.7 Å². The standard InChI is InChI=1S/C20H17N3O2S2/c1-3-22-27(2,25)16-9-6-14(7-10-16)20(24)23-18-13-15(8-11-17(18)21)19-5-4-12-26-19/h1,4-13H,21H2,2H3,(H,23,24). The molecule has 1 aromatic heterocycles. The zero-order valence-corrected chi connectivity index (χ0v) is 16.1. The van der Waals surface area contributed by atoms with Crippen LogP contribution in [0, 0.1) is 12.5 Å². The number of nitrogens with one attached hydrogen (secondary N) is 1. The fraction of sp³-hybridized carbons (Fsp3) is 0.0500. The van der Waals surface area contributed by atoms with Gasteiger partial charge in [0.1, 0.15) is 0 Å². The highest BCUT2D eigenvalue weighted by molar-refractivity contribution is 7.93. The molecule has 0 aliphatic heterocycles. The van der Waals surface area contributed by atoms with Gasteiger partial charge in [-0.25, -0.2) is 4.21 Å². The quantitative estimate of drug-likeness (QED) is 0.510. The summed E-state index contributed by atoms with van der Waals surface area (Å²) in [5.41, 5.74) is 8.41. The van der Waals surface area contributed by atoms with Gasteiger partial charge in [0.25, 0.3) is 5.91 Å². The molecule has 0 radical (unpaired) electrons. The Hall–Kier alpha value is -3.08. The number of hydrogen-bond acceptors (Lipinski definition) is 5. The predicted molar refractivity (Wildman–Crippen MR) is 112 cm³/mol.